The molecule has 2 atom stereocenters. The lowest BCUT2D eigenvalue weighted by molar-refractivity contribution is 0.527. The number of rotatable bonds is 4. The predicted molar refractivity (Wildman–Crippen MR) is 43.3 cm³/mol. The van der Waals surface area contributed by atoms with Crippen LogP contribution in [0.15, 0.2) is 0 Å². The highest BCUT2D eigenvalue weighted by Gasteiger charge is 2.08. The fourth-order valence-corrected chi connectivity index (χ4v) is 0.838. The van der Waals surface area contributed by atoms with Crippen molar-refractivity contribution in [1.82, 2.24) is 0 Å². The smallest absolute Gasteiger partial charge is 0.0666 e. The molecule has 0 saturated carbocycles. The van der Waals surface area contributed by atoms with Crippen LogP contribution in [-0.2, 0) is 0 Å². The van der Waals surface area contributed by atoms with E-state index in [0.29, 0.717) is 12.8 Å². The fraction of sp³-hybridized carbons (Fsp3) is 0.667. The van der Waals surface area contributed by atoms with E-state index in [1.807, 2.05) is 13.0 Å². The van der Waals surface area contributed by atoms with Crippen LogP contribution in [0.1, 0.15) is 26.2 Å². The Hall–Kier alpha value is -1.53. The third-order valence-corrected chi connectivity index (χ3v) is 1.69. The third kappa shape index (κ3) is 4.31. The van der Waals surface area contributed by atoms with E-state index in [0.717, 1.165) is 0 Å². The van der Waals surface area contributed by atoms with Gasteiger partial charge in [0.25, 0.3) is 0 Å². The molecule has 0 spiro atoms. The zero-order valence-corrected chi connectivity index (χ0v) is 7.12. The molecule has 0 aliphatic heterocycles. The average Bonchev–Trinajstić information content (AvgIpc) is 2.11. The Bertz CT molecular complexity index is 238. The number of nitrogens with zero attached hydrogens (tertiary/aromatic N) is 3. The Morgan fingerprint density at radius 1 is 1.08 bits per heavy atom. The second-order valence-electron chi connectivity index (χ2n) is 2.80. The van der Waals surface area contributed by atoms with E-state index in [9.17, 15) is 0 Å². The van der Waals surface area contributed by atoms with Crippen molar-refractivity contribution in [3.8, 4) is 18.2 Å². The molecule has 0 aliphatic rings. The van der Waals surface area contributed by atoms with Crippen LogP contribution >= 0.6 is 0 Å². The summed E-state index contributed by atoms with van der Waals surface area (Å²) in [6, 6.07) is 6.10. The van der Waals surface area contributed by atoms with Gasteiger partial charge in [0.2, 0.25) is 0 Å². The van der Waals surface area contributed by atoms with Crippen LogP contribution in [-0.4, -0.2) is 0 Å². The zero-order chi connectivity index (χ0) is 9.40. The SMILES string of the molecule is CC(C#N)CCC(C#N)CC#N. The van der Waals surface area contributed by atoms with Gasteiger partial charge in [0.15, 0.2) is 0 Å². The molecule has 0 amide bonds. The van der Waals surface area contributed by atoms with Gasteiger partial charge < -0.3 is 0 Å². The maximum Gasteiger partial charge on any atom is 0.0666 e. The molecule has 0 bridgehead atoms. The minimum atomic E-state index is -0.203. The second-order valence-corrected chi connectivity index (χ2v) is 2.80. The lowest BCUT2D eigenvalue weighted by Crippen LogP contribution is -1.99. The van der Waals surface area contributed by atoms with Crippen LogP contribution < -0.4 is 0 Å². The topological polar surface area (TPSA) is 71.4 Å². The van der Waals surface area contributed by atoms with Crippen molar-refractivity contribution in [2.24, 2.45) is 11.8 Å². The molecule has 0 saturated heterocycles. The summed E-state index contributed by atoms with van der Waals surface area (Å²) in [6.07, 6.45) is 1.63. The highest BCUT2D eigenvalue weighted by Crippen LogP contribution is 2.13. The molecule has 0 fully saturated rings. The van der Waals surface area contributed by atoms with Crippen LogP contribution in [0, 0.1) is 45.8 Å². The molecule has 0 heterocycles. The van der Waals surface area contributed by atoms with E-state index < -0.39 is 0 Å². The standard InChI is InChI=1S/C9H11N3/c1-8(6-11)2-3-9(7-12)4-5-10/h8-9H,2-4H2,1H3. The van der Waals surface area contributed by atoms with Crippen LogP contribution in [0.5, 0.6) is 0 Å². The van der Waals surface area contributed by atoms with Crippen LogP contribution in [0.3, 0.4) is 0 Å². The van der Waals surface area contributed by atoms with E-state index >= 15 is 0 Å². The van der Waals surface area contributed by atoms with E-state index in [4.69, 9.17) is 15.8 Å². The lowest BCUT2D eigenvalue weighted by Gasteiger charge is -2.04. The third-order valence-electron chi connectivity index (χ3n) is 1.69. The van der Waals surface area contributed by atoms with Crippen molar-refractivity contribution in [2.45, 2.75) is 26.2 Å². The van der Waals surface area contributed by atoms with Crippen molar-refractivity contribution < 1.29 is 0 Å². The summed E-state index contributed by atoms with van der Waals surface area (Å²) in [5, 5.41) is 25.3. The first-order valence-electron chi connectivity index (χ1n) is 3.90. The lowest BCUT2D eigenvalue weighted by atomic mass is 9.97. The molecule has 0 aromatic heterocycles. The summed E-state index contributed by atoms with van der Waals surface area (Å²) in [5.74, 6) is -0.217. The van der Waals surface area contributed by atoms with Gasteiger partial charge in [-0.2, -0.15) is 15.8 Å². The van der Waals surface area contributed by atoms with Crippen molar-refractivity contribution in [2.75, 3.05) is 0 Å². The summed E-state index contributed by atoms with van der Waals surface area (Å²) in [5.41, 5.74) is 0. The van der Waals surface area contributed by atoms with Crippen molar-refractivity contribution >= 4 is 0 Å². The normalized spacial score (nSPS) is 13.5. The summed E-state index contributed by atoms with van der Waals surface area (Å²) in [4.78, 5) is 0. The van der Waals surface area contributed by atoms with Gasteiger partial charge in [0.05, 0.1) is 30.5 Å². The minimum Gasteiger partial charge on any atom is -0.198 e. The fourth-order valence-electron chi connectivity index (χ4n) is 0.838. The second kappa shape index (κ2) is 6.20. The van der Waals surface area contributed by atoms with Gasteiger partial charge in [0, 0.05) is 5.92 Å². The monoisotopic (exact) mass is 161 g/mol. The van der Waals surface area contributed by atoms with Crippen molar-refractivity contribution in [3.63, 3.8) is 0 Å². The molecule has 0 rings (SSSR count). The molecule has 0 N–H and O–H groups in total. The first kappa shape index (κ1) is 10.5. The zero-order valence-electron chi connectivity index (χ0n) is 7.12. The Balaban J connectivity index is 3.70. The molecule has 0 aliphatic carbocycles. The number of nitriles is 3. The summed E-state index contributed by atoms with van der Waals surface area (Å²) in [7, 11) is 0. The van der Waals surface area contributed by atoms with Gasteiger partial charge in [-0.1, -0.05) is 0 Å². The predicted octanol–water partition coefficient (Wildman–Crippen LogP) is 1.98. The Morgan fingerprint density at radius 2 is 1.75 bits per heavy atom. The first-order valence-corrected chi connectivity index (χ1v) is 3.90. The van der Waals surface area contributed by atoms with E-state index in [1.54, 1.807) is 0 Å². The largest absolute Gasteiger partial charge is 0.198 e. The van der Waals surface area contributed by atoms with Crippen LogP contribution in [0.2, 0.25) is 0 Å². The van der Waals surface area contributed by atoms with E-state index in [-0.39, 0.29) is 18.3 Å². The van der Waals surface area contributed by atoms with E-state index in [1.165, 1.54) is 0 Å². The maximum atomic E-state index is 8.56. The van der Waals surface area contributed by atoms with Crippen LogP contribution in [0.4, 0.5) is 0 Å². The summed E-state index contributed by atoms with van der Waals surface area (Å²) >= 11 is 0. The highest BCUT2D eigenvalue weighted by molar-refractivity contribution is 4.91. The highest BCUT2D eigenvalue weighted by atomic mass is 14.3. The van der Waals surface area contributed by atoms with Gasteiger partial charge in [-0.3, -0.25) is 0 Å². The van der Waals surface area contributed by atoms with Gasteiger partial charge >= 0.3 is 0 Å². The first-order chi connectivity index (χ1) is 5.74. The Kier molecular flexibility index (Phi) is 5.41. The molecule has 12 heavy (non-hydrogen) atoms. The van der Waals surface area contributed by atoms with Gasteiger partial charge in [-0.05, 0) is 19.8 Å². The molecule has 3 nitrogen and oxygen atoms in total. The molecular formula is C9H11N3. The molecule has 0 aromatic rings. The summed E-state index contributed by atoms with van der Waals surface area (Å²) < 4.78 is 0. The van der Waals surface area contributed by atoms with Crippen molar-refractivity contribution in [1.29, 1.82) is 15.8 Å². The number of hydrogen-bond acceptors (Lipinski definition) is 3. The quantitative estimate of drug-likeness (QED) is 0.632. The summed E-state index contributed by atoms with van der Waals surface area (Å²) in [6.45, 7) is 1.82. The average molecular weight is 161 g/mol. The Morgan fingerprint density at radius 3 is 2.17 bits per heavy atom. The van der Waals surface area contributed by atoms with Gasteiger partial charge in [-0.25, -0.2) is 0 Å². The van der Waals surface area contributed by atoms with Crippen LogP contribution in [0.25, 0.3) is 0 Å². The maximum absolute atomic E-state index is 8.56. The molecular weight excluding hydrogens is 150 g/mol. The minimum absolute atomic E-state index is 0.0143. The van der Waals surface area contributed by atoms with Gasteiger partial charge in [-0.15, -0.1) is 0 Å². The van der Waals surface area contributed by atoms with Gasteiger partial charge in [0.1, 0.15) is 0 Å². The Labute approximate surface area is 72.8 Å². The number of hydrogen-bond donors (Lipinski definition) is 0. The van der Waals surface area contributed by atoms with E-state index in [2.05, 4.69) is 12.1 Å². The molecule has 62 valence electrons. The molecule has 0 aromatic carbocycles. The molecule has 2 unspecified atom stereocenters. The molecule has 0 radical (unpaired) electrons. The molecule has 3 heteroatoms. The van der Waals surface area contributed by atoms with Crippen molar-refractivity contribution in [3.05, 3.63) is 0 Å².